The minimum Gasteiger partial charge on any atom is -0.462 e. The van der Waals surface area contributed by atoms with Crippen molar-refractivity contribution < 1.29 is 19.1 Å². The molecule has 7 nitrogen and oxygen atoms in total. The molecule has 0 spiro atoms. The lowest BCUT2D eigenvalue weighted by atomic mass is 9.33. The van der Waals surface area contributed by atoms with Gasteiger partial charge in [-0.05, 0) is 102 Å². The molecule has 0 aromatic rings. The average Bonchev–Trinajstić information content (AvgIpc) is 3.17. The summed E-state index contributed by atoms with van der Waals surface area (Å²) in [4.78, 5) is 25.8. The van der Waals surface area contributed by atoms with Crippen LogP contribution in [0.2, 0.25) is 0 Å². The third-order valence-electron chi connectivity index (χ3n) is 13.6. The Morgan fingerprint density at radius 1 is 0.930 bits per heavy atom. The van der Waals surface area contributed by atoms with Crippen molar-refractivity contribution in [3.05, 3.63) is 23.4 Å². The predicted octanol–water partition coefficient (Wildman–Crippen LogP) is 7.75. The molecule has 5 aliphatic rings. The quantitative estimate of drug-likeness (QED) is 0.171. The fourth-order valence-electron chi connectivity index (χ4n) is 11.7. The molecule has 4 fully saturated rings. The second kappa shape index (κ2) is 10.3. The highest BCUT2D eigenvalue weighted by Gasteiger charge is 2.70. The molecule has 5 rings (SSSR count). The standard InChI is InChI=1S/C36H55N3O4/c1-20(2)29-25(41)19-36(39-21(3)31(38)42-22(4)37)18-17-34(9)24(30(29)36)11-12-27-33(8)15-14-28(43-23(5)40)32(6,7)26(33)13-16-35(27,34)10/h20,24,26-28,37-39H,3,11-19H2,1-2,4-10H3/t24?,26?,27?,28?,33?,34-,35?,36?/m1/s1. The number of nitrogens with one attached hydrogen (secondary N) is 3. The third kappa shape index (κ3) is 4.57. The van der Waals surface area contributed by atoms with E-state index in [9.17, 15) is 9.59 Å². The predicted molar refractivity (Wildman–Crippen MR) is 170 cm³/mol. The van der Waals surface area contributed by atoms with Crippen molar-refractivity contribution in [2.24, 2.45) is 45.3 Å². The van der Waals surface area contributed by atoms with Crippen molar-refractivity contribution in [2.75, 3.05) is 0 Å². The van der Waals surface area contributed by atoms with Crippen molar-refractivity contribution in [3.63, 3.8) is 0 Å². The minimum atomic E-state index is -0.558. The molecule has 0 saturated heterocycles. The van der Waals surface area contributed by atoms with E-state index in [2.05, 4.69) is 60.4 Å². The van der Waals surface area contributed by atoms with E-state index in [0.29, 0.717) is 24.0 Å². The van der Waals surface area contributed by atoms with Gasteiger partial charge in [-0.25, -0.2) is 0 Å². The number of hydrogen-bond donors (Lipinski definition) is 3. The Morgan fingerprint density at radius 2 is 1.60 bits per heavy atom. The molecule has 238 valence electrons. The molecular weight excluding hydrogens is 538 g/mol. The molecule has 0 bridgehead atoms. The van der Waals surface area contributed by atoms with Gasteiger partial charge in [0.15, 0.2) is 11.7 Å². The second-order valence-corrected chi connectivity index (χ2v) is 16.3. The largest absolute Gasteiger partial charge is 0.462 e. The first-order valence-electron chi connectivity index (χ1n) is 16.6. The minimum absolute atomic E-state index is 0.0307. The van der Waals surface area contributed by atoms with Crippen molar-refractivity contribution in [1.29, 1.82) is 10.8 Å². The summed E-state index contributed by atoms with van der Waals surface area (Å²) in [7, 11) is 0. The maximum absolute atomic E-state index is 13.8. The number of esters is 1. The number of Topliss-reactive ketones (excluding diaryl/α,β-unsaturated/α-hetero) is 1. The summed E-state index contributed by atoms with van der Waals surface area (Å²) < 4.78 is 11.2. The normalized spacial score (nSPS) is 41.4. The van der Waals surface area contributed by atoms with Crippen LogP contribution in [0.4, 0.5) is 0 Å². The summed E-state index contributed by atoms with van der Waals surface area (Å²) in [5.74, 6) is 1.29. The van der Waals surface area contributed by atoms with Gasteiger partial charge in [-0.3, -0.25) is 20.4 Å². The van der Waals surface area contributed by atoms with E-state index in [4.69, 9.17) is 20.3 Å². The van der Waals surface area contributed by atoms with Crippen LogP contribution in [0.15, 0.2) is 23.4 Å². The molecule has 0 aromatic heterocycles. The van der Waals surface area contributed by atoms with Crippen LogP contribution in [0.3, 0.4) is 0 Å². The number of ketones is 1. The van der Waals surface area contributed by atoms with E-state index >= 15 is 0 Å². The molecule has 0 heterocycles. The summed E-state index contributed by atoms with van der Waals surface area (Å²) >= 11 is 0. The Balaban J connectivity index is 1.53. The summed E-state index contributed by atoms with van der Waals surface area (Å²) in [6.07, 6.45) is 8.63. The van der Waals surface area contributed by atoms with Crippen LogP contribution in [0.1, 0.15) is 120 Å². The molecule has 5 aliphatic carbocycles. The molecule has 0 aliphatic heterocycles. The van der Waals surface area contributed by atoms with Crippen molar-refractivity contribution in [2.45, 2.75) is 132 Å². The number of ether oxygens (including phenoxy) is 2. The van der Waals surface area contributed by atoms with Gasteiger partial charge >= 0.3 is 5.97 Å². The van der Waals surface area contributed by atoms with E-state index in [-0.39, 0.29) is 63.1 Å². The zero-order valence-electron chi connectivity index (χ0n) is 28.1. The lowest BCUT2D eigenvalue weighted by Gasteiger charge is -2.72. The SMILES string of the molecule is C=C(NC12CC[C@]3(C)C(CCC4C5(C)CCC(OC(C)=O)C(C)(C)C5CCC43C)C1=C(C(C)C)C(=O)C2)C(=N)OC(C)=N. The van der Waals surface area contributed by atoms with E-state index in [1.165, 1.54) is 19.4 Å². The average molecular weight is 594 g/mol. The molecule has 8 atom stereocenters. The summed E-state index contributed by atoms with van der Waals surface area (Å²) in [5.41, 5.74) is 2.27. The van der Waals surface area contributed by atoms with Crippen LogP contribution < -0.4 is 5.32 Å². The van der Waals surface area contributed by atoms with Crippen LogP contribution in [-0.2, 0) is 19.1 Å². The van der Waals surface area contributed by atoms with E-state index in [0.717, 1.165) is 56.9 Å². The Bertz CT molecular complexity index is 1300. The number of allylic oxidation sites excluding steroid dienone is 1. The van der Waals surface area contributed by atoms with Gasteiger partial charge in [0.05, 0.1) is 11.2 Å². The topological polar surface area (TPSA) is 112 Å². The van der Waals surface area contributed by atoms with E-state index < -0.39 is 5.54 Å². The first-order chi connectivity index (χ1) is 19.8. The van der Waals surface area contributed by atoms with E-state index in [1.54, 1.807) is 0 Å². The maximum Gasteiger partial charge on any atom is 0.302 e. The van der Waals surface area contributed by atoms with Gasteiger partial charge in [0.25, 0.3) is 0 Å². The third-order valence-corrected chi connectivity index (χ3v) is 13.6. The first kappa shape index (κ1) is 32.0. The molecule has 0 radical (unpaired) electrons. The fourth-order valence-corrected chi connectivity index (χ4v) is 11.7. The number of rotatable bonds is 5. The Kier molecular flexibility index (Phi) is 7.66. The number of fused-ring (bicyclic) bond motifs is 7. The summed E-state index contributed by atoms with van der Waals surface area (Å²) in [5, 5.41) is 19.6. The van der Waals surface area contributed by atoms with Gasteiger partial charge in [-0.2, -0.15) is 0 Å². The fraction of sp³-hybridized carbons (Fsp3) is 0.778. The highest BCUT2D eigenvalue weighted by molar-refractivity contribution is 6.02. The van der Waals surface area contributed by atoms with Crippen molar-refractivity contribution >= 4 is 23.5 Å². The van der Waals surface area contributed by atoms with Crippen LogP contribution in [-0.4, -0.2) is 35.2 Å². The first-order valence-corrected chi connectivity index (χ1v) is 16.6. The van der Waals surface area contributed by atoms with Crippen LogP contribution in [0.25, 0.3) is 0 Å². The zero-order valence-corrected chi connectivity index (χ0v) is 28.1. The number of carbonyl (C=O) groups is 2. The highest BCUT2D eigenvalue weighted by Crippen LogP contribution is 2.75. The Labute approximate surface area is 259 Å². The second-order valence-electron chi connectivity index (χ2n) is 16.3. The van der Waals surface area contributed by atoms with Crippen LogP contribution >= 0.6 is 0 Å². The molecule has 0 aromatic carbocycles. The number of carbonyl (C=O) groups excluding carboxylic acids is 2. The van der Waals surface area contributed by atoms with Gasteiger partial charge < -0.3 is 14.8 Å². The van der Waals surface area contributed by atoms with E-state index in [1.807, 2.05) is 0 Å². The lowest BCUT2D eigenvalue weighted by Crippen LogP contribution is -2.67. The molecule has 0 amide bonds. The molecular formula is C36H55N3O4. The van der Waals surface area contributed by atoms with Gasteiger partial charge in [-0.15, -0.1) is 0 Å². The molecule has 4 saturated carbocycles. The smallest absolute Gasteiger partial charge is 0.302 e. The van der Waals surface area contributed by atoms with Crippen molar-refractivity contribution in [3.8, 4) is 0 Å². The van der Waals surface area contributed by atoms with Gasteiger partial charge in [-0.1, -0.05) is 55.0 Å². The van der Waals surface area contributed by atoms with Gasteiger partial charge in [0, 0.05) is 25.7 Å². The van der Waals surface area contributed by atoms with Crippen molar-refractivity contribution in [1.82, 2.24) is 5.32 Å². The molecule has 7 heteroatoms. The van der Waals surface area contributed by atoms with Crippen LogP contribution in [0.5, 0.6) is 0 Å². The van der Waals surface area contributed by atoms with Crippen LogP contribution in [0, 0.1) is 56.2 Å². The highest BCUT2D eigenvalue weighted by atomic mass is 16.5. The Morgan fingerprint density at radius 3 is 2.21 bits per heavy atom. The summed E-state index contributed by atoms with van der Waals surface area (Å²) in [6.45, 7) is 23.8. The maximum atomic E-state index is 13.8. The van der Waals surface area contributed by atoms with Gasteiger partial charge in [0.1, 0.15) is 6.10 Å². The number of hydrogen-bond acceptors (Lipinski definition) is 7. The summed E-state index contributed by atoms with van der Waals surface area (Å²) in [6, 6.07) is 0. The molecule has 7 unspecified atom stereocenters. The van der Waals surface area contributed by atoms with Gasteiger partial charge in [0.2, 0.25) is 5.90 Å². The molecule has 43 heavy (non-hydrogen) atoms. The zero-order chi connectivity index (χ0) is 31.9. The lowest BCUT2D eigenvalue weighted by molar-refractivity contribution is -0.231. The molecule has 3 N–H and O–H groups in total. The monoisotopic (exact) mass is 593 g/mol. The Hall–Kier alpha value is -2.44.